The number of ether oxygens (including phenoxy) is 3. The van der Waals surface area contributed by atoms with Crippen molar-refractivity contribution in [3.63, 3.8) is 0 Å². The summed E-state index contributed by atoms with van der Waals surface area (Å²) in [7, 11) is 4.61. The molecule has 3 rings (SSSR count). The van der Waals surface area contributed by atoms with Gasteiger partial charge in [-0.15, -0.1) is 0 Å². The first-order chi connectivity index (χ1) is 14.4. The smallest absolute Gasteiger partial charge is 0.255 e. The minimum Gasteiger partial charge on any atom is -0.493 e. The fraction of sp³-hybridized carbons (Fsp3) is 0.238. The fourth-order valence-electron chi connectivity index (χ4n) is 3.28. The lowest BCUT2D eigenvalue weighted by Gasteiger charge is -2.31. The maximum Gasteiger partial charge on any atom is 0.255 e. The molecule has 2 aromatic carbocycles. The van der Waals surface area contributed by atoms with Crippen molar-refractivity contribution in [1.82, 2.24) is 10.6 Å². The maximum absolute atomic E-state index is 13.2. The normalized spacial score (nSPS) is 15.8. The van der Waals surface area contributed by atoms with Crippen LogP contribution in [0.25, 0.3) is 0 Å². The minimum absolute atomic E-state index is 0.295. The third-order valence-corrected chi connectivity index (χ3v) is 5.07. The molecule has 7 nitrogen and oxygen atoms in total. The predicted molar refractivity (Wildman–Crippen MR) is 120 cm³/mol. The Morgan fingerprint density at radius 1 is 1.10 bits per heavy atom. The van der Waals surface area contributed by atoms with Crippen LogP contribution in [0.3, 0.4) is 0 Å². The quantitative estimate of drug-likeness (QED) is 0.581. The van der Waals surface area contributed by atoms with E-state index in [1.54, 1.807) is 43.3 Å². The number of hydrogen-bond acceptors (Lipinski definition) is 5. The van der Waals surface area contributed by atoms with E-state index in [-0.39, 0.29) is 5.91 Å². The average molecular weight is 448 g/mol. The van der Waals surface area contributed by atoms with Crippen LogP contribution < -0.4 is 30.2 Å². The molecule has 3 N–H and O–H groups in total. The first-order valence-electron chi connectivity index (χ1n) is 9.03. The van der Waals surface area contributed by atoms with E-state index in [0.717, 1.165) is 5.56 Å². The highest BCUT2D eigenvalue weighted by Gasteiger charge is 2.31. The van der Waals surface area contributed by atoms with E-state index in [1.165, 1.54) is 21.3 Å². The van der Waals surface area contributed by atoms with E-state index < -0.39 is 6.04 Å². The molecule has 0 bridgehead atoms. The van der Waals surface area contributed by atoms with Crippen molar-refractivity contribution >= 4 is 40.5 Å². The SMILES string of the molecule is COc1cc([C@H]2NC(=S)NC(C)=C2C(=O)Nc2cccc(Cl)c2)cc(OC)c1OC. The van der Waals surface area contributed by atoms with Gasteiger partial charge in [0, 0.05) is 16.4 Å². The molecule has 1 amide bonds. The van der Waals surface area contributed by atoms with Crippen LogP contribution in [0.1, 0.15) is 18.5 Å². The van der Waals surface area contributed by atoms with Gasteiger partial charge < -0.3 is 30.2 Å². The van der Waals surface area contributed by atoms with Gasteiger partial charge in [-0.2, -0.15) is 0 Å². The van der Waals surface area contributed by atoms with Crippen LogP contribution in [0.4, 0.5) is 5.69 Å². The molecule has 0 unspecified atom stereocenters. The topological polar surface area (TPSA) is 80.9 Å². The van der Waals surface area contributed by atoms with Crippen LogP contribution in [0, 0.1) is 0 Å². The standard InChI is InChI=1S/C21H22ClN3O4S/c1-11-17(20(26)24-14-7-5-6-13(22)10-14)18(25-21(30)23-11)12-8-15(27-2)19(29-4)16(9-12)28-3/h5-10,18H,1-4H3,(H,24,26)(H2,23,25,30)/t18-/m1/s1. The maximum atomic E-state index is 13.2. The average Bonchev–Trinajstić information content (AvgIpc) is 2.71. The van der Waals surface area contributed by atoms with Crippen molar-refractivity contribution in [1.29, 1.82) is 0 Å². The van der Waals surface area contributed by atoms with Crippen LogP contribution in [0.5, 0.6) is 17.2 Å². The zero-order valence-corrected chi connectivity index (χ0v) is 18.5. The summed E-state index contributed by atoms with van der Waals surface area (Å²) in [6.07, 6.45) is 0. The summed E-state index contributed by atoms with van der Waals surface area (Å²) in [6.45, 7) is 1.80. The number of nitrogens with one attached hydrogen (secondary N) is 3. The molecule has 0 fully saturated rings. The Hall–Kier alpha value is -2.97. The molecule has 9 heteroatoms. The van der Waals surface area contributed by atoms with Crippen LogP contribution in [0.2, 0.25) is 5.02 Å². The van der Waals surface area contributed by atoms with Gasteiger partial charge in [-0.3, -0.25) is 4.79 Å². The van der Waals surface area contributed by atoms with Crippen molar-refractivity contribution in [2.24, 2.45) is 0 Å². The molecule has 0 spiro atoms. The van der Waals surface area contributed by atoms with Crippen molar-refractivity contribution in [2.45, 2.75) is 13.0 Å². The van der Waals surface area contributed by atoms with Crippen LogP contribution >= 0.6 is 23.8 Å². The molecule has 1 heterocycles. The lowest BCUT2D eigenvalue weighted by Crippen LogP contribution is -2.45. The number of methoxy groups -OCH3 is 3. The molecule has 0 radical (unpaired) electrons. The summed E-state index contributed by atoms with van der Waals surface area (Å²) in [6, 6.07) is 9.98. The van der Waals surface area contributed by atoms with Gasteiger partial charge in [-0.1, -0.05) is 17.7 Å². The highest BCUT2D eigenvalue weighted by atomic mass is 35.5. The number of thiocarbonyl (C=S) groups is 1. The van der Waals surface area contributed by atoms with Gasteiger partial charge in [0.05, 0.1) is 32.9 Å². The summed E-state index contributed by atoms with van der Waals surface area (Å²) in [5.74, 6) is 1.12. The third-order valence-electron chi connectivity index (χ3n) is 4.62. The second-order valence-electron chi connectivity index (χ2n) is 6.49. The highest BCUT2D eigenvalue weighted by Crippen LogP contribution is 2.41. The van der Waals surface area contributed by atoms with Crippen molar-refractivity contribution in [2.75, 3.05) is 26.6 Å². The first-order valence-corrected chi connectivity index (χ1v) is 9.81. The molecular formula is C21H22ClN3O4S. The number of amides is 1. The van der Waals surface area contributed by atoms with E-state index in [4.69, 9.17) is 38.0 Å². The fourth-order valence-corrected chi connectivity index (χ4v) is 3.74. The Morgan fingerprint density at radius 3 is 2.33 bits per heavy atom. The molecule has 0 aromatic heterocycles. The Bertz CT molecular complexity index is 1000. The molecule has 0 saturated heterocycles. The van der Waals surface area contributed by atoms with Gasteiger partial charge in [-0.25, -0.2) is 0 Å². The van der Waals surface area contributed by atoms with Gasteiger partial charge in [0.1, 0.15) is 0 Å². The number of hydrogen-bond donors (Lipinski definition) is 3. The number of carbonyl (C=O) groups is 1. The van der Waals surface area contributed by atoms with E-state index in [1.807, 2.05) is 0 Å². The third kappa shape index (κ3) is 4.44. The van der Waals surface area contributed by atoms with Gasteiger partial charge >= 0.3 is 0 Å². The summed E-state index contributed by atoms with van der Waals surface area (Å²) in [4.78, 5) is 13.2. The first kappa shape index (κ1) is 21.7. The number of rotatable bonds is 6. The highest BCUT2D eigenvalue weighted by molar-refractivity contribution is 7.80. The van der Waals surface area contributed by atoms with Crippen LogP contribution in [-0.4, -0.2) is 32.3 Å². The number of carbonyl (C=O) groups excluding carboxylic acids is 1. The van der Waals surface area contributed by atoms with Gasteiger partial charge in [-0.05, 0) is 55.0 Å². The molecule has 1 aliphatic heterocycles. The summed E-state index contributed by atoms with van der Waals surface area (Å²) in [5, 5.41) is 9.99. The van der Waals surface area contributed by atoms with E-state index >= 15 is 0 Å². The summed E-state index contributed by atoms with van der Waals surface area (Å²) < 4.78 is 16.3. The largest absolute Gasteiger partial charge is 0.493 e. The van der Waals surface area contributed by atoms with Gasteiger partial charge in [0.2, 0.25) is 5.75 Å². The lowest BCUT2D eigenvalue weighted by molar-refractivity contribution is -0.113. The van der Waals surface area contributed by atoms with E-state index in [0.29, 0.717) is 44.3 Å². The molecule has 0 aliphatic carbocycles. The van der Waals surface area contributed by atoms with E-state index in [2.05, 4.69) is 16.0 Å². The number of benzene rings is 2. The Kier molecular flexibility index (Phi) is 6.69. The number of allylic oxidation sites excluding steroid dienone is 1. The molecule has 0 saturated carbocycles. The second kappa shape index (κ2) is 9.23. The minimum atomic E-state index is -0.536. The molecule has 30 heavy (non-hydrogen) atoms. The second-order valence-corrected chi connectivity index (χ2v) is 7.34. The molecule has 158 valence electrons. The number of halogens is 1. The Labute approximate surface area is 185 Å². The summed E-state index contributed by atoms with van der Waals surface area (Å²) >= 11 is 11.4. The number of anilines is 1. The predicted octanol–water partition coefficient (Wildman–Crippen LogP) is 3.80. The van der Waals surface area contributed by atoms with Crippen molar-refractivity contribution < 1.29 is 19.0 Å². The Morgan fingerprint density at radius 2 is 1.77 bits per heavy atom. The zero-order chi connectivity index (χ0) is 21.8. The monoisotopic (exact) mass is 447 g/mol. The van der Waals surface area contributed by atoms with E-state index in [9.17, 15) is 4.79 Å². The lowest BCUT2D eigenvalue weighted by atomic mass is 9.94. The van der Waals surface area contributed by atoms with Crippen LogP contribution in [0.15, 0.2) is 47.7 Å². The Balaban J connectivity index is 2.04. The van der Waals surface area contributed by atoms with Gasteiger partial charge in [0.15, 0.2) is 16.6 Å². The van der Waals surface area contributed by atoms with Crippen LogP contribution in [-0.2, 0) is 4.79 Å². The summed E-state index contributed by atoms with van der Waals surface area (Å²) in [5.41, 5.74) is 2.42. The zero-order valence-electron chi connectivity index (χ0n) is 17.0. The van der Waals surface area contributed by atoms with Crippen molar-refractivity contribution in [3.8, 4) is 17.2 Å². The molecular weight excluding hydrogens is 426 g/mol. The molecule has 1 atom stereocenters. The molecule has 1 aliphatic rings. The van der Waals surface area contributed by atoms with Crippen molar-refractivity contribution in [3.05, 3.63) is 58.3 Å². The van der Waals surface area contributed by atoms with Gasteiger partial charge in [0.25, 0.3) is 5.91 Å². The molecule has 2 aromatic rings.